The minimum Gasteiger partial charge on any atom is -0.341 e. The molecule has 0 bridgehead atoms. The number of carbonyl (C=O) groups is 1. The molecule has 0 radical (unpaired) electrons. The van der Waals surface area contributed by atoms with E-state index in [1.54, 1.807) is 4.90 Å². The minimum absolute atomic E-state index is 0.173. The molecule has 3 nitrogen and oxygen atoms in total. The molecule has 0 saturated heterocycles. The number of unbranched alkanes of at least 4 members (excludes halogenated alkanes) is 2. The third-order valence-corrected chi connectivity index (χ3v) is 3.06. The number of hydrogen-bond acceptors (Lipinski definition) is 2. The average molecular weight is 269 g/mol. The van der Waals surface area contributed by atoms with Crippen LogP contribution in [0.3, 0.4) is 0 Å². The van der Waals surface area contributed by atoms with E-state index in [0.29, 0.717) is 24.5 Å². The van der Waals surface area contributed by atoms with Crippen LogP contribution in [0.5, 0.6) is 0 Å². The third-order valence-electron chi connectivity index (χ3n) is 2.83. The molecule has 0 spiro atoms. The summed E-state index contributed by atoms with van der Waals surface area (Å²) in [6.45, 7) is 1.31. The standard InChI is InChI=1S/C14H21ClN2O/c1-17(14(18)8-3-2-4-9-16)11-12-6-5-7-13(15)10-12/h5-7,10H,2-4,8-9,11,16H2,1H3. The van der Waals surface area contributed by atoms with Crippen LogP contribution in [0.15, 0.2) is 24.3 Å². The van der Waals surface area contributed by atoms with Crippen molar-refractivity contribution in [2.75, 3.05) is 13.6 Å². The van der Waals surface area contributed by atoms with Gasteiger partial charge in [-0.2, -0.15) is 0 Å². The molecule has 0 atom stereocenters. The Morgan fingerprint density at radius 1 is 1.33 bits per heavy atom. The van der Waals surface area contributed by atoms with Gasteiger partial charge in [0.2, 0.25) is 5.91 Å². The van der Waals surface area contributed by atoms with Crippen LogP contribution in [0, 0.1) is 0 Å². The van der Waals surface area contributed by atoms with E-state index in [2.05, 4.69) is 0 Å². The molecule has 0 aromatic heterocycles. The minimum atomic E-state index is 0.173. The van der Waals surface area contributed by atoms with Gasteiger partial charge in [0.05, 0.1) is 0 Å². The lowest BCUT2D eigenvalue weighted by Crippen LogP contribution is -2.25. The van der Waals surface area contributed by atoms with Crippen molar-refractivity contribution in [3.63, 3.8) is 0 Å². The zero-order chi connectivity index (χ0) is 13.4. The van der Waals surface area contributed by atoms with Crippen molar-refractivity contribution in [3.8, 4) is 0 Å². The highest BCUT2D eigenvalue weighted by Crippen LogP contribution is 2.13. The van der Waals surface area contributed by atoms with E-state index in [4.69, 9.17) is 17.3 Å². The fraction of sp³-hybridized carbons (Fsp3) is 0.500. The molecular weight excluding hydrogens is 248 g/mol. The fourth-order valence-corrected chi connectivity index (χ4v) is 2.00. The summed E-state index contributed by atoms with van der Waals surface area (Å²) in [5.74, 6) is 0.173. The van der Waals surface area contributed by atoms with Gasteiger partial charge in [-0.15, -0.1) is 0 Å². The third kappa shape index (κ3) is 5.52. The summed E-state index contributed by atoms with van der Waals surface area (Å²) in [6, 6.07) is 7.60. The predicted molar refractivity (Wildman–Crippen MR) is 75.4 cm³/mol. The van der Waals surface area contributed by atoms with E-state index in [0.717, 1.165) is 24.8 Å². The topological polar surface area (TPSA) is 46.3 Å². The van der Waals surface area contributed by atoms with Gasteiger partial charge in [-0.05, 0) is 37.1 Å². The summed E-state index contributed by atoms with van der Waals surface area (Å²) in [5.41, 5.74) is 6.47. The summed E-state index contributed by atoms with van der Waals surface area (Å²) >= 11 is 5.91. The van der Waals surface area contributed by atoms with Gasteiger partial charge < -0.3 is 10.6 Å². The number of carbonyl (C=O) groups excluding carboxylic acids is 1. The quantitative estimate of drug-likeness (QED) is 0.773. The number of hydrogen-bond donors (Lipinski definition) is 1. The average Bonchev–Trinajstić information content (AvgIpc) is 2.34. The fourth-order valence-electron chi connectivity index (χ4n) is 1.79. The van der Waals surface area contributed by atoms with Gasteiger partial charge in [0.25, 0.3) is 0 Å². The molecular formula is C14H21ClN2O. The second-order valence-electron chi connectivity index (χ2n) is 4.48. The lowest BCUT2D eigenvalue weighted by molar-refractivity contribution is -0.130. The Balaban J connectivity index is 2.35. The Bertz CT molecular complexity index is 382. The molecule has 18 heavy (non-hydrogen) atoms. The second-order valence-corrected chi connectivity index (χ2v) is 4.92. The van der Waals surface area contributed by atoms with Gasteiger partial charge in [0.15, 0.2) is 0 Å². The normalized spacial score (nSPS) is 10.4. The first-order chi connectivity index (χ1) is 8.63. The summed E-state index contributed by atoms with van der Waals surface area (Å²) in [7, 11) is 1.83. The maximum Gasteiger partial charge on any atom is 0.222 e. The van der Waals surface area contributed by atoms with Crippen LogP contribution in [-0.4, -0.2) is 24.4 Å². The molecule has 1 amide bonds. The van der Waals surface area contributed by atoms with E-state index in [1.807, 2.05) is 31.3 Å². The van der Waals surface area contributed by atoms with Crippen LogP contribution in [-0.2, 0) is 11.3 Å². The van der Waals surface area contributed by atoms with Crippen molar-refractivity contribution in [2.45, 2.75) is 32.2 Å². The highest BCUT2D eigenvalue weighted by atomic mass is 35.5. The zero-order valence-electron chi connectivity index (χ0n) is 10.9. The highest BCUT2D eigenvalue weighted by molar-refractivity contribution is 6.30. The van der Waals surface area contributed by atoms with E-state index in [-0.39, 0.29) is 5.91 Å². The first kappa shape index (κ1) is 15.0. The molecule has 0 aliphatic heterocycles. The Morgan fingerprint density at radius 2 is 2.11 bits per heavy atom. The molecule has 0 unspecified atom stereocenters. The molecule has 0 fully saturated rings. The Kier molecular flexibility index (Phi) is 6.76. The Labute approximate surface area is 114 Å². The predicted octanol–water partition coefficient (Wildman–Crippen LogP) is 2.82. The Hall–Kier alpha value is -1.06. The summed E-state index contributed by atoms with van der Waals surface area (Å²) in [6.07, 6.45) is 3.52. The van der Waals surface area contributed by atoms with Crippen molar-refractivity contribution < 1.29 is 4.79 Å². The summed E-state index contributed by atoms with van der Waals surface area (Å²) in [4.78, 5) is 13.6. The monoisotopic (exact) mass is 268 g/mol. The van der Waals surface area contributed by atoms with Gasteiger partial charge >= 0.3 is 0 Å². The van der Waals surface area contributed by atoms with Crippen molar-refractivity contribution in [1.82, 2.24) is 4.90 Å². The second kappa shape index (κ2) is 8.11. The lowest BCUT2D eigenvalue weighted by Gasteiger charge is -2.17. The van der Waals surface area contributed by atoms with Gasteiger partial charge in [0, 0.05) is 25.0 Å². The largest absolute Gasteiger partial charge is 0.341 e. The van der Waals surface area contributed by atoms with E-state index < -0.39 is 0 Å². The first-order valence-corrected chi connectivity index (χ1v) is 6.69. The molecule has 0 heterocycles. The highest BCUT2D eigenvalue weighted by Gasteiger charge is 2.08. The van der Waals surface area contributed by atoms with E-state index >= 15 is 0 Å². The summed E-state index contributed by atoms with van der Waals surface area (Å²) < 4.78 is 0. The molecule has 2 N–H and O–H groups in total. The van der Waals surface area contributed by atoms with Crippen LogP contribution in [0.25, 0.3) is 0 Å². The van der Waals surface area contributed by atoms with Crippen molar-refractivity contribution >= 4 is 17.5 Å². The smallest absolute Gasteiger partial charge is 0.222 e. The van der Waals surface area contributed by atoms with Crippen LogP contribution in [0.4, 0.5) is 0 Å². The number of halogens is 1. The van der Waals surface area contributed by atoms with Gasteiger partial charge in [-0.25, -0.2) is 0 Å². The zero-order valence-corrected chi connectivity index (χ0v) is 11.6. The van der Waals surface area contributed by atoms with Gasteiger partial charge in [-0.1, -0.05) is 30.2 Å². The maximum absolute atomic E-state index is 11.9. The molecule has 0 aliphatic carbocycles. The number of amides is 1. The molecule has 4 heteroatoms. The van der Waals surface area contributed by atoms with Crippen molar-refractivity contribution in [3.05, 3.63) is 34.9 Å². The summed E-state index contributed by atoms with van der Waals surface area (Å²) in [5, 5.41) is 0.705. The number of rotatable bonds is 7. The number of benzene rings is 1. The van der Waals surface area contributed by atoms with Crippen LogP contribution < -0.4 is 5.73 Å². The van der Waals surface area contributed by atoms with Crippen LogP contribution >= 0.6 is 11.6 Å². The van der Waals surface area contributed by atoms with E-state index in [1.165, 1.54) is 0 Å². The lowest BCUT2D eigenvalue weighted by atomic mass is 10.1. The van der Waals surface area contributed by atoms with Crippen molar-refractivity contribution in [2.24, 2.45) is 5.73 Å². The van der Waals surface area contributed by atoms with E-state index in [9.17, 15) is 4.79 Å². The molecule has 1 aromatic carbocycles. The first-order valence-electron chi connectivity index (χ1n) is 6.32. The number of nitrogens with two attached hydrogens (primary N) is 1. The molecule has 0 saturated carbocycles. The SMILES string of the molecule is CN(Cc1cccc(Cl)c1)C(=O)CCCCCN. The van der Waals surface area contributed by atoms with Gasteiger partial charge in [0.1, 0.15) is 0 Å². The molecule has 1 aromatic rings. The maximum atomic E-state index is 11.9. The Morgan fingerprint density at radius 3 is 2.78 bits per heavy atom. The molecule has 100 valence electrons. The molecule has 1 rings (SSSR count). The number of nitrogens with zero attached hydrogens (tertiary/aromatic N) is 1. The van der Waals surface area contributed by atoms with Crippen LogP contribution in [0.1, 0.15) is 31.2 Å². The van der Waals surface area contributed by atoms with Crippen LogP contribution in [0.2, 0.25) is 5.02 Å². The van der Waals surface area contributed by atoms with Gasteiger partial charge in [-0.3, -0.25) is 4.79 Å². The van der Waals surface area contributed by atoms with Crippen molar-refractivity contribution in [1.29, 1.82) is 0 Å². The molecule has 0 aliphatic rings.